The van der Waals surface area contributed by atoms with Crippen LogP contribution in [-0.2, 0) is 62.3 Å². The number of anilines is 3. The molecule has 8 atom stereocenters. The number of carbonyl (C=O) groups excluding carboxylic acids is 5. The van der Waals surface area contributed by atoms with Gasteiger partial charge in [0, 0.05) is 31.8 Å². The molecule has 29 nitrogen and oxygen atoms in total. The van der Waals surface area contributed by atoms with Crippen LogP contribution in [0.15, 0.2) is 79.4 Å². The van der Waals surface area contributed by atoms with Gasteiger partial charge >= 0.3 is 18.2 Å². The molecule has 8 N–H and O–H groups in total. The van der Waals surface area contributed by atoms with Crippen LogP contribution in [0.1, 0.15) is 82.4 Å². The minimum atomic E-state index is -2.01. The Kier molecular flexibility index (Phi) is 23.9. The molecule has 1 saturated carbocycles. The first kappa shape index (κ1) is 70.4. The summed E-state index contributed by atoms with van der Waals surface area (Å²) in [6, 6.07) is 17.1. The molecule has 3 fully saturated rings. The maximum absolute atomic E-state index is 14.7. The number of aliphatic hydroxyl groups excluding tert-OH is 4. The van der Waals surface area contributed by atoms with Crippen LogP contribution in [0.2, 0.25) is 0 Å². The van der Waals surface area contributed by atoms with Gasteiger partial charge < -0.3 is 103 Å². The molecule has 5 amide bonds. The minimum absolute atomic E-state index is 0.0105. The third kappa shape index (κ3) is 16.5. The molecule has 10 rings (SSSR count). The van der Waals surface area contributed by atoms with E-state index in [9.17, 15) is 54.3 Å². The first-order valence-corrected chi connectivity index (χ1v) is 32.1. The molecule has 0 aromatic heterocycles. The van der Waals surface area contributed by atoms with Crippen molar-refractivity contribution in [2.24, 2.45) is 11.1 Å². The Labute approximate surface area is 554 Å². The molecule has 520 valence electrons. The summed E-state index contributed by atoms with van der Waals surface area (Å²) in [5.74, 6) is -2.14. The van der Waals surface area contributed by atoms with Gasteiger partial charge in [-0.25, -0.2) is 19.3 Å². The number of amides is 5. The van der Waals surface area contributed by atoms with E-state index < -0.39 is 79.6 Å². The van der Waals surface area contributed by atoms with E-state index >= 15 is 0 Å². The molecule has 0 bridgehead atoms. The van der Waals surface area contributed by atoms with Crippen LogP contribution >= 0.6 is 0 Å². The van der Waals surface area contributed by atoms with Crippen LogP contribution in [0.4, 0.5) is 26.7 Å². The molecule has 2 saturated heterocycles. The maximum Gasteiger partial charge on any atom is 0.416 e. The number of nitrogens with one attached hydrogen (secondary N) is 1. The number of aliphatic carboxylic acids is 1. The molecule has 0 unspecified atom stereocenters. The zero-order chi connectivity index (χ0) is 68.0. The van der Waals surface area contributed by atoms with E-state index in [4.69, 9.17) is 62.6 Å². The molecule has 4 aromatic rings. The number of nitrogens with zero attached hydrogens (tertiary/aromatic N) is 4. The van der Waals surface area contributed by atoms with Crippen LogP contribution in [0.5, 0.6) is 28.7 Å². The molecular weight excluding hydrogens is 1260 g/mol. The van der Waals surface area contributed by atoms with Gasteiger partial charge in [-0.15, -0.1) is 0 Å². The number of hydrogen-bond acceptors (Lipinski definition) is 23. The highest BCUT2D eigenvalue weighted by atomic mass is 16.7. The molecule has 1 aliphatic carbocycles. The quantitative estimate of drug-likeness (QED) is 0.0267. The van der Waals surface area contributed by atoms with Gasteiger partial charge in [-0.3, -0.25) is 19.3 Å². The Balaban J connectivity index is 0.799. The lowest BCUT2D eigenvalue weighted by Crippen LogP contribution is -2.61. The lowest BCUT2D eigenvalue weighted by atomic mass is 9.93. The fraction of sp³-hybridized carbons (Fsp3) is 0.522. The van der Waals surface area contributed by atoms with Crippen molar-refractivity contribution in [2.45, 2.75) is 114 Å². The Bertz CT molecular complexity index is 3420. The predicted octanol–water partition coefficient (Wildman–Crippen LogP) is 4.14. The lowest BCUT2D eigenvalue weighted by molar-refractivity contribution is -0.271. The number of ether oxygens (including phenoxy) is 12. The minimum Gasteiger partial charge on any atom is -0.493 e. The number of benzene rings is 4. The van der Waals surface area contributed by atoms with E-state index in [1.54, 1.807) is 21.9 Å². The van der Waals surface area contributed by atoms with Gasteiger partial charge in [0.1, 0.15) is 37.3 Å². The third-order valence-electron chi connectivity index (χ3n) is 17.6. The number of carboxylic acid groups (broad SMARTS) is 1. The smallest absolute Gasteiger partial charge is 0.416 e. The summed E-state index contributed by atoms with van der Waals surface area (Å²) in [5.41, 5.74) is 8.14. The maximum atomic E-state index is 14.7. The average molecular weight is 1340 g/mol. The highest BCUT2D eigenvalue weighted by molar-refractivity contribution is 6.07. The normalized spacial score (nSPS) is 22.1. The number of unbranched alkanes of at least 4 members (excludes halogenated alkanes) is 2. The molecule has 6 aliphatic rings. The second kappa shape index (κ2) is 32.6. The Morgan fingerprint density at radius 1 is 0.698 bits per heavy atom. The molecule has 29 heteroatoms. The van der Waals surface area contributed by atoms with Gasteiger partial charge in [-0.1, -0.05) is 43.0 Å². The largest absolute Gasteiger partial charge is 0.493 e. The van der Waals surface area contributed by atoms with E-state index in [-0.39, 0.29) is 115 Å². The van der Waals surface area contributed by atoms with Gasteiger partial charge in [-0.05, 0) is 91.3 Å². The van der Waals surface area contributed by atoms with Crippen molar-refractivity contribution in [3.05, 3.63) is 107 Å². The molecule has 4 aromatic carbocycles. The SMILES string of the molecule is C=CCOC(=O)N1C[C@@H]2Cc3ccccc3CN2C(=O)c2cc(OC)c(OCCCCCOc3cc4c(cc3OC)C(=O)N3CC5(CC5)C[C@H]3[C@H](O)N4C(=O)OCc3ccc(O[C@@H]4O[C@H](C(=O)O)[C@@H](O)[C@H](O)[C@H]4O)c(NC(=O)CCOCCOCCOCCOCCN)c3)cc21. The monoisotopic (exact) mass is 1340 g/mol. The van der Waals surface area contributed by atoms with Gasteiger partial charge in [0.05, 0.1) is 134 Å². The molecule has 0 radical (unpaired) electrons. The van der Waals surface area contributed by atoms with Crippen LogP contribution < -0.4 is 44.5 Å². The number of methoxy groups -OCH3 is 2. The number of carboxylic acids is 1. The Morgan fingerprint density at radius 2 is 1.32 bits per heavy atom. The van der Waals surface area contributed by atoms with E-state index in [0.717, 1.165) is 28.9 Å². The van der Waals surface area contributed by atoms with Gasteiger partial charge in [-0.2, -0.15) is 0 Å². The van der Waals surface area contributed by atoms with Gasteiger partial charge in [0.2, 0.25) is 12.2 Å². The lowest BCUT2D eigenvalue weighted by Gasteiger charge is -2.38. The van der Waals surface area contributed by atoms with Crippen LogP contribution in [0.25, 0.3) is 0 Å². The van der Waals surface area contributed by atoms with Crippen molar-refractivity contribution < 1.29 is 111 Å². The summed E-state index contributed by atoms with van der Waals surface area (Å²) in [6.45, 7) is 7.05. The first-order chi connectivity index (χ1) is 46.5. The fourth-order valence-electron chi connectivity index (χ4n) is 12.4. The average Bonchev–Trinajstić information content (AvgIpc) is 1.56. The van der Waals surface area contributed by atoms with E-state index in [1.165, 1.54) is 55.5 Å². The van der Waals surface area contributed by atoms with Crippen molar-refractivity contribution in [3.8, 4) is 28.7 Å². The van der Waals surface area contributed by atoms with Crippen LogP contribution in [0.3, 0.4) is 0 Å². The van der Waals surface area contributed by atoms with E-state index in [1.807, 2.05) is 24.3 Å². The van der Waals surface area contributed by atoms with E-state index in [0.29, 0.717) is 102 Å². The molecule has 1 spiro atoms. The van der Waals surface area contributed by atoms with Crippen LogP contribution in [-0.4, -0.2) is 227 Å². The number of rotatable bonds is 32. The summed E-state index contributed by atoms with van der Waals surface area (Å²) in [4.78, 5) is 88.6. The van der Waals surface area contributed by atoms with Crippen molar-refractivity contribution in [1.29, 1.82) is 0 Å². The number of fused-ring (bicyclic) bond motifs is 5. The number of nitrogens with two attached hydrogens (primary N) is 1. The number of hydrogen-bond donors (Lipinski definition) is 7. The van der Waals surface area contributed by atoms with Crippen LogP contribution in [0, 0.1) is 5.41 Å². The topological polar surface area (TPSA) is 365 Å². The number of carbonyl (C=O) groups is 6. The van der Waals surface area contributed by atoms with E-state index in [2.05, 4.69) is 11.9 Å². The summed E-state index contributed by atoms with van der Waals surface area (Å²) in [5, 5.41) is 56.4. The molecule has 96 heavy (non-hydrogen) atoms. The van der Waals surface area contributed by atoms with Gasteiger partial charge in [0.25, 0.3) is 11.8 Å². The van der Waals surface area contributed by atoms with Gasteiger partial charge in [0.15, 0.2) is 35.3 Å². The second-order valence-electron chi connectivity index (χ2n) is 24.1. The number of aliphatic hydroxyl groups is 4. The summed E-state index contributed by atoms with van der Waals surface area (Å²) in [7, 11) is 2.89. The predicted molar refractivity (Wildman–Crippen MR) is 340 cm³/mol. The van der Waals surface area contributed by atoms with Crippen molar-refractivity contribution in [3.63, 3.8) is 0 Å². The summed E-state index contributed by atoms with van der Waals surface area (Å²) >= 11 is 0. The molecule has 5 heterocycles. The highest BCUT2D eigenvalue weighted by Gasteiger charge is 2.58. The summed E-state index contributed by atoms with van der Waals surface area (Å²) in [6.07, 6.45) is -7.53. The van der Waals surface area contributed by atoms with Crippen molar-refractivity contribution >= 4 is 52.9 Å². The molecule has 5 aliphatic heterocycles. The third-order valence-corrected chi connectivity index (χ3v) is 17.6. The zero-order valence-corrected chi connectivity index (χ0v) is 53.7. The standard InChI is InChI=1S/C67H84N6O23/c1-4-18-93-65(83)71-37-43-30-41-10-6-7-11-42(41)36-70(43)60(78)44-31-51(85-2)53(33-47(44)71)91-19-8-5-9-20-92-54-34-48-45(32-52(54)86-3)61(79)72-39-67(15-16-67)35-49(72)62(80)73(48)66(84)94-38-40-12-13-50(95-64-58(77)56(75)57(76)59(96-64)63(81)82)46(29-40)69-55(74)14-21-87-23-25-89-27-28-90-26-24-88-22-17-68/h4,6-7,10-13,29,31-34,43,49,56-59,62,64,75-77,80H,1,5,8-9,14-28,30,35-39,68H2,2-3H3,(H,69,74)(H,81,82)/t43-,49-,56-,57-,58+,59-,62-,64+/m0/s1. The highest BCUT2D eigenvalue weighted by Crippen LogP contribution is 2.57. The van der Waals surface area contributed by atoms with Crippen molar-refractivity contribution in [1.82, 2.24) is 9.80 Å². The Hall–Kier alpha value is -8.36. The Morgan fingerprint density at radius 3 is 1.96 bits per heavy atom. The zero-order valence-electron chi connectivity index (χ0n) is 53.7. The first-order valence-electron chi connectivity index (χ1n) is 32.1. The fourth-order valence-corrected chi connectivity index (χ4v) is 12.4. The second-order valence-corrected chi connectivity index (χ2v) is 24.1. The van der Waals surface area contributed by atoms with Crippen molar-refractivity contribution in [2.75, 3.05) is 122 Å². The summed E-state index contributed by atoms with van der Waals surface area (Å²) < 4.78 is 68.6. The molecular formula is C67H84N6O23.